The summed E-state index contributed by atoms with van der Waals surface area (Å²) in [4.78, 5) is 4.75. The van der Waals surface area contributed by atoms with Gasteiger partial charge in [-0.3, -0.25) is 4.90 Å². The lowest BCUT2D eigenvalue weighted by atomic mass is 10.1. The smallest absolute Gasteiger partial charge is 0.0950 e. The minimum Gasteiger partial charge on any atom is -0.472 e. The SMILES string of the molecule is CN(C)C1CCN(C(CN)c2ccoc2)C1. The van der Waals surface area contributed by atoms with Crippen LogP contribution in [0, 0.1) is 0 Å². The zero-order valence-electron chi connectivity index (χ0n) is 10.1. The van der Waals surface area contributed by atoms with E-state index in [1.807, 2.05) is 6.07 Å². The zero-order chi connectivity index (χ0) is 11.5. The largest absolute Gasteiger partial charge is 0.472 e. The highest BCUT2D eigenvalue weighted by Gasteiger charge is 2.29. The van der Waals surface area contributed by atoms with Crippen molar-refractivity contribution in [1.29, 1.82) is 0 Å². The van der Waals surface area contributed by atoms with Gasteiger partial charge in [0.2, 0.25) is 0 Å². The molecule has 0 aromatic carbocycles. The molecule has 2 N–H and O–H groups in total. The van der Waals surface area contributed by atoms with Gasteiger partial charge in [0.25, 0.3) is 0 Å². The van der Waals surface area contributed by atoms with Gasteiger partial charge in [0.1, 0.15) is 0 Å². The Hall–Kier alpha value is -0.840. The molecule has 0 radical (unpaired) electrons. The Morgan fingerprint density at radius 1 is 1.62 bits per heavy atom. The van der Waals surface area contributed by atoms with E-state index in [0.29, 0.717) is 18.6 Å². The van der Waals surface area contributed by atoms with Gasteiger partial charge in [-0.25, -0.2) is 0 Å². The van der Waals surface area contributed by atoms with Gasteiger partial charge in [-0.05, 0) is 26.6 Å². The van der Waals surface area contributed by atoms with Crippen LogP contribution in [-0.4, -0.2) is 49.6 Å². The molecule has 1 aromatic heterocycles. The van der Waals surface area contributed by atoms with Crippen LogP contribution in [0.4, 0.5) is 0 Å². The Labute approximate surface area is 97.0 Å². The average Bonchev–Trinajstić information content (AvgIpc) is 2.88. The second kappa shape index (κ2) is 4.99. The number of likely N-dealkylation sites (N-methyl/N-ethyl adjacent to an activating group) is 1. The van der Waals surface area contributed by atoms with E-state index < -0.39 is 0 Å². The molecular weight excluding hydrogens is 202 g/mol. The molecule has 90 valence electrons. The van der Waals surface area contributed by atoms with Gasteiger partial charge < -0.3 is 15.1 Å². The van der Waals surface area contributed by atoms with Crippen LogP contribution in [0.3, 0.4) is 0 Å². The molecule has 4 nitrogen and oxygen atoms in total. The molecule has 0 amide bonds. The Morgan fingerprint density at radius 3 is 2.94 bits per heavy atom. The number of hydrogen-bond donors (Lipinski definition) is 1. The monoisotopic (exact) mass is 223 g/mol. The van der Waals surface area contributed by atoms with Gasteiger partial charge in [0.15, 0.2) is 0 Å². The van der Waals surface area contributed by atoms with Crippen molar-refractivity contribution in [2.75, 3.05) is 33.7 Å². The van der Waals surface area contributed by atoms with Gasteiger partial charge in [0, 0.05) is 31.2 Å². The fraction of sp³-hybridized carbons (Fsp3) is 0.667. The molecule has 0 spiro atoms. The number of rotatable bonds is 4. The highest BCUT2D eigenvalue weighted by atomic mass is 16.3. The molecule has 2 unspecified atom stereocenters. The first kappa shape index (κ1) is 11.6. The molecule has 2 atom stereocenters. The molecule has 1 aromatic rings. The van der Waals surface area contributed by atoms with Crippen molar-refractivity contribution in [3.05, 3.63) is 24.2 Å². The standard InChI is InChI=1S/C12H21N3O/c1-14(2)11-3-5-15(8-11)12(7-13)10-4-6-16-9-10/h4,6,9,11-12H,3,5,7-8,13H2,1-2H3. The van der Waals surface area contributed by atoms with Crippen molar-refractivity contribution in [2.45, 2.75) is 18.5 Å². The first-order valence-corrected chi connectivity index (χ1v) is 5.85. The summed E-state index contributed by atoms with van der Waals surface area (Å²) >= 11 is 0. The summed E-state index contributed by atoms with van der Waals surface area (Å²) in [6, 6.07) is 2.98. The van der Waals surface area contributed by atoms with Crippen molar-refractivity contribution < 1.29 is 4.42 Å². The topological polar surface area (TPSA) is 45.6 Å². The number of nitrogens with two attached hydrogens (primary N) is 1. The molecule has 2 rings (SSSR count). The summed E-state index contributed by atoms with van der Waals surface area (Å²) < 4.78 is 5.14. The maximum Gasteiger partial charge on any atom is 0.0950 e. The van der Waals surface area contributed by atoms with Crippen molar-refractivity contribution in [3.8, 4) is 0 Å². The molecule has 0 aliphatic carbocycles. The summed E-state index contributed by atoms with van der Waals surface area (Å²) in [5.74, 6) is 0. The molecule has 1 aliphatic rings. The summed E-state index contributed by atoms with van der Waals surface area (Å²) in [7, 11) is 4.28. The van der Waals surface area contributed by atoms with Crippen LogP contribution in [0.1, 0.15) is 18.0 Å². The lowest BCUT2D eigenvalue weighted by Gasteiger charge is -2.26. The number of likely N-dealkylation sites (tertiary alicyclic amines) is 1. The average molecular weight is 223 g/mol. The molecule has 1 fully saturated rings. The van der Waals surface area contributed by atoms with Crippen LogP contribution in [-0.2, 0) is 0 Å². The van der Waals surface area contributed by atoms with Crippen molar-refractivity contribution in [3.63, 3.8) is 0 Å². The normalized spacial score (nSPS) is 24.1. The summed E-state index contributed by atoms with van der Waals surface area (Å²) in [6.45, 7) is 2.87. The van der Waals surface area contributed by atoms with Crippen molar-refractivity contribution in [1.82, 2.24) is 9.80 Å². The molecule has 1 saturated heterocycles. The predicted molar refractivity (Wildman–Crippen MR) is 64.2 cm³/mol. The number of nitrogens with zero attached hydrogens (tertiary/aromatic N) is 2. The highest BCUT2D eigenvalue weighted by molar-refractivity contribution is 5.13. The van der Waals surface area contributed by atoms with E-state index in [1.54, 1.807) is 12.5 Å². The first-order valence-electron chi connectivity index (χ1n) is 5.85. The Balaban J connectivity index is 2.02. The van der Waals surface area contributed by atoms with Crippen LogP contribution >= 0.6 is 0 Å². The maximum atomic E-state index is 5.87. The van der Waals surface area contributed by atoms with Crippen LogP contribution in [0.15, 0.2) is 23.0 Å². The number of furan rings is 1. The minimum absolute atomic E-state index is 0.309. The summed E-state index contributed by atoms with van der Waals surface area (Å²) in [5.41, 5.74) is 7.06. The van der Waals surface area contributed by atoms with E-state index in [0.717, 1.165) is 13.1 Å². The van der Waals surface area contributed by atoms with Gasteiger partial charge in [-0.15, -0.1) is 0 Å². The van der Waals surface area contributed by atoms with Crippen LogP contribution in [0.25, 0.3) is 0 Å². The summed E-state index contributed by atoms with van der Waals surface area (Å²) in [5, 5.41) is 0. The molecule has 1 aliphatic heterocycles. The fourth-order valence-electron chi connectivity index (χ4n) is 2.43. The van der Waals surface area contributed by atoms with E-state index in [-0.39, 0.29) is 0 Å². The molecule has 0 bridgehead atoms. The van der Waals surface area contributed by atoms with E-state index in [2.05, 4.69) is 23.9 Å². The number of hydrogen-bond acceptors (Lipinski definition) is 4. The highest BCUT2D eigenvalue weighted by Crippen LogP contribution is 2.25. The predicted octanol–water partition coefficient (Wildman–Crippen LogP) is 0.915. The van der Waals surface area contributed by atoms with Gasteiger partial charge >= 0.3 is 0 Å². The van der Waals surface area contributed by atoms with Gasteiger partial charge in [0.05, 0.1) is 18.6 Å². The first-order chi connectivity index (χ1) is 7.72. The van der Waals surface area contributed by atoms with Crippen LogP contribution in [0.2, 0.25) is 0 Å². The molecule has 0 saturated carbocycles. The van der Waals surface area contributed by atoms with E-state index in [4.69, 9.17) is 10.2 Å². The van der Waals surface area contributed by atoms with Crippen molar-refractivity contribution in [2.24, 2.45) is 5.73 Å². The Kier molecular flexibility index (Phi) is 3.63. The zero-order valence-corrected chi connectivity index (χ0v) is 10.1. The molecule has 2 heterocycles. The Bertz CT molecular complexity index is 310. The van der Waals surface area contributed by atoms with Gasteiger partial charge in [-0.2, -0.15) is 0 Å². The fourth-order valence-corrected chi connectivity index (χ4v) is 2.43. The lowest BCUT2D eigenvalue weighted by Crippen LogP contribution is -2.35. The molecular formula is C12H21N3O. The van der Waals surface area contributed by atoms with E-state index in [9.17, 15) is 0 Å². The second-order valence-electron chi connectivity index (χ2n) is 4.71. The van der Waals surface area contributed by atoms with Crippen molar-refractivity contribution >= 4 is 0 Å². The van der Waals surface area contributed by atoms with E-state index in [1.165, 1.54) is 12.0 Å². The maximum absolute atomic E-state index is 5.87. The molecule has 16 heavy (non-hydrogen) atoms. The van der Waals surface area contributed by atoms with E-state index >= 15 is 0 Å². The second-order valence-corrected chi connectivity index (χ2v) is 4.71. The summed E-state index contributed by atoms with van der Waals surface area (Å²) in [6.07, 6.45) is 4.75. The third kappa shape index (κ3) is 2.29. The Morgan fingerprint density at radius 2 is 2.44 bits per heavy atom. The third-order valence-corrected chi connectivity index (χ3v) is 3.52. The molecule has 4 heteroatoms. The quantitative estimate of drug-likeness (QED) is 0.824. The lowest BCUT2D eigenvalue weighted by molar-refractivity contribution is 0.220. The van der Waals surface area contributed by atoms with Crippen LogP contribution < -0.4 is 5.73 Å². The minimum atomic E-state index is 0.309. The third-order valence-electron chi connectivity index (χ3n) is 3.52. The van der Waals surface area contributed by atoms with Crippen LogP contribution in [0.5, 0.6) is 0 Å². The van der Waals surface area contributed by atoms with Gasteiger partial charge in [-0.1, -0.05) is 0 Å².